The summed E-state index contributed by atoms with van der Waals surface area (Å²) in [7, 11) is 0. The molecule has 1 heteroatoms. The van der Waals surface area contributed by atoms with Gasteiger partial charge in [-0.15, -0.1) is 0 Å². The summed E-state index contributed by atoms with van der Waals surface area (Å²) in [5.41, 5.74) is 0.267. The number of carbonyl (C=O) groups is 1. The predicted octanol–water partition coefficient (Wildman–Crippen LogP) is 4.84. The molecular weight excluding hydrogens is 208 g/mol. The van der Waals surface area contributed by atoms with Crippen molar-refractivity contribution in [2.24, 2.45) is 23.2 Å². The van der Waals surface area contributed by atoms with Crippen molar-refractivity contribution in [2.75, 3.05) is 0 Å². The highest BCUT2D eigenvalue weighted by Crippen LogP contribution is 2.51. The Balaban J connectivity index is 2.79. The van der Waals surface area contributed by atoms with Gasteiger partial charge in [0.1, 0.15) is 6.29 Å². The molecule has 0 aromatic rings. The van der Waals surface area contributed by atoms with Crippen molar-refractivity contribution in [1.29, 1.82) is 0 Å². The van der Waals surface area contributed by atoms with E-state index in [1.807, 2.05) is 0 Å². The number of hydrogen-bond donors (Lipinski definition) is 0. The summed E-state index contributed by atoms with van der Waals surface area (Å²) in [6.45, 7) is 9.19. The van der Waals surface area contributed by atoms with E-state index in [1.54, 1.807) is 0 Å². The minimum atomic E-state index is 0.267. The average Bonchev–Trinajstić information content (AvgIpc) is 2.30. The van der Waals surface area contributed by atoms with Crippen LogP contribution in [0.15, 0.2) is 0 Å². The molecule has 0 aromatic heterocycles. The van der Waals surface area contributed by atoms with Crippen molar-refractivity contribution < 1.29 is 4.79 Å². The van der Waals surface area contributed by atoms with Gasteiger partial charge in [0.2, 0.25) is 0 Å². The van der Waals surface area contributed by atoms with E-state index in [4.69, 9.17) is 0 Å². The minimum absolute atomic E-state index is 0.267. The van der Waals surface area contributed by atoms with Gasteiger partial charge in [0.05, 0.1) is 0 Å². The van der Waals surface area contributed by atoms with E-state index in [9.17, 15) is 4.79 Å². The molecule has 1 nitrogen and oxygen atoms in total. The lowest BCUT2D eigenvalue weighted by Crippen LogP contribution is -2.43. The molecule has 1 aliphatic rings. The zero-order valence-corrected chi connectivity index (χ0v) is 12.2. The number of carbonyl (C=O) groups excluding carboxylic acids is 1. The van der Waals surface area contributed by atoms with E-state index in [2.05, 4.69) is 27.7 Å². The quantitative estimate of drug-likeness (QED) is 0.478. The lowest BCUT2D eigenvalue weighted by molar-refractivity contribution is -0.122. The van der Waals surface area contributed by atoms with Gasteiger partial charge < -0.3 is 4.79 Å². The van der Waals surface area contributed by atoms with Crippen molar-refractivity contribution in [2.45, 2.75) is 72.6 Å². The van der Waals surface area contributed by atoms with Gasteiger partial charge in [-0.3, -0.25) is 0 Å². The molecule has 1 fully saturated rings. The zero-order chi connectivity index (χ0) is 12.9. The summed E-state index contributed by atoms with van der Waals surface area (Å²) >= 11 is 0. The third kappa shape index (κ3) is 3.11. The lowest BCUT2D eigenvalue weighted by atomic mass is 9.55. The zero-order valence-electron chi connectivity index (χ0n) is 12.2. The summed E-state index contributed by atoms with van der Waals surface area (Å²) in [4.78, 5) is 11.5. The molecule has 1 aliphatic carbocycles. The van der Waals surface area contributed by atoms with Crippen LogP contribution in [0.5, 0.6) is 0 Å². The molecule has 17 heavy (non-hydrogen) atoms. The van der Waals surface area contributed by atoms with Crippen LogP contribution in [0.25, 0.3) is 0 Å². The Morgan fingerprint density at radius 2 is 1.94 bits per heavy atom. The molecule has 0 saturated heterocycles. The fraction of sp³-hybridized carbons (Fsp3) is 0.938. The molecule has 1 rings (SSSR count). The van der Waals surface area contributed by atoms with Gasteiger partial charge in [-0.25, -0.2) is 0 Å². The number of aldehydes is 1. The van der Waals surface area contributed by atoms with Crippen LogP contribution in [0.4, 0.5) is 0 Å². The van der Waals surface area contributed by atoms with Crippen LogP contribution in [0, 0.1) is 23.2 Å². The maximum absolute atomic E-state index is 11.5. The summed E-state index contributed by atoms with van der Waals surface area (Å²) in [5, 5.41) is 0. The highest BCUT2D eigenvalue weighted by molar-refractivity contribution is 5.56. The SMILES string of the molecule is CCCCCC1(C)C(C=O)C(C)CC[C@H]1CC. The van der Waals surface area contributed by atoms with E-state index in [0.29, 0.717) is 5.92 Å². The van der Waals surface area contributed by atoms with Gasteiger partial charge in [-0.1, -0.05) is 53.4 Å². The average molecular weight is 238 g/mol. The number of rotatable bonds is 6. The standard InChI is InChI=1S/C16H30O/c1-5-7-8-11-16(4)14(6-2)10-9-13(3)15(16)12-17/h12-15H,5-11H2,1-4H3/t13?,14-,15?,16?/m1/s1. The van der Waals surface area contributed by atoms with Crippen molar-refractivity contribution in [3.05, 3.63) is 0 Å². The van der Waals surface area contributed by atoms with Crippen molar-refractivity contribution in [3.8, 4) is 0 Å². The van der Waals surface area contributed by atoms with Gasteiger partial charge >= 0.3 is 0 Å². The van der Waals surface area contributed by atoms with Gasteiger partial charge in [0.15, 0.2) is 0 Å². The highest BCUT2D eigenvalue weighted by atomic mass is 16.1. The van der Waals surface area contributed by atoms with Crippen LogP contribution in [-0.4, -0.2) is 6.29 Å². The molecule has 0 amide bonds. The van der Waals surface area contributed by atoms with Crippen LogP contribution >= 0.6 is 0 Å². The molecule has 0 bridgehead atoms. The Morgan fingerprint density at radius 1 is 1.24 bits per heavy atom. The Hall–Kier alpha value is -0.330. The second kappa shape index (κ2) is 6.56. The summed E-state index contributed by atoms with van der Waals surface area (Å²) in [6.07, 6.45) is 10.2. The Morgan fingerprint density at radius 3 is 2.47 bits per heavy atom. The molecular formula is C16H30O. The maximum atomic E-state index is 11.5. The first kappa shape index (κ1) is 14.7. The van der Waals surface area contributed by atoms with E-state index >= 15 is 0 Å². The Bertz CT molecular complexity index is 236. The Kier molecular flexibility index (Phi) is 5.69. The fourth-order valence-corrected chi connectivity index (χ4v) is 3.98. The molecule has 0 aromatic carbocycles. The molecule has 0 N–H and O–H groups in total. The molecule has 0 heterocycles. The third-order valence-electron chi connectivity index (χ3n) is 5.24. The van der Waals surface area contributed by atoms with Crippen LogP contribution in [0.1, 0.15) is 72.6 Å². The van der Waals surface area contributed by atoms with Crippen LogP contribution in [0.3, 0.4) is 0 Å². The van der Waals surface area contributed by atoms with Crippen LogP contribution < -0.4 is 0 Å². The van der Waals surface area contributed by atoms with Crippen molar-refractivity contribution >= 4 is 6.29 Å². The number of unbranched alkanes of at least 4 members (excludes halogenated alkanes) is 2. The fourth-order valence-electron chi connectivity index (χ4n) is 3.98. The topological polar surface area (TPSA) is 17.1 Å². The molecule has 100 valence electrons. The smallest absolute Gasteiger partial charge is 0.123 e. The molecule has 0 spiro atoms. The second-order valence-corrected chi connectivity index (χ2v) is 6.28. The monoisotopic (exact) mass is 238 g/mol. The molecule has 0 aliphatic heterocycles. The first-order chi connectivity index (χ1) is 8.10. The lowest BCUT2D eigenvalue weighted by Gasteiger charge is -2.48. The summed E-state index contributed by atoms with van der Waals surface area (Å²) in [5.74, 6) is 1.63. The van der Waals surface area contributed by atoms with E-state index in [1.165, 1.54) is 51.2 Å². The van der Waals surface area contributed by atoms with E-state index < -0.39 is 0 Å². The maximum Gasteiger partial charge on any atom is 0.123 e. The van der Waals surface area contributed by atoms with Gasteiger partial charge in [-0.2, -0.15) is 0 Å². The number of hydrogen-bond acceptors (Lipinski definition) is 1. The van der Waals surface area contributed by atoms with E-state index in [-0.39, 0.29) is 11.3 Å². The van der Waals surface area contributed by atoms with Gasteiger partial charge in [0.25, 0.3) is 0 Å². The first-order valence-corrected chi connectivity index (χ1v) is 7.55. The molecule has 4 atom stereocenters. The minimum Gasteiger partial charge on any atom is -0.303 e. The first-order valence-electron chi connectivity index (χ1n) is 7.55. The predicted molar refractivity (Wildman–Crippen MR) is 74.0 cm³/mol. The van der Waals surface area contributed by atoms with Crippen molar-refractivity contribution in [3.63, 3.8) is 0 Å². The molecule has 1 saturated carbocycles. The van der Waals surface area contributed by atoms with E-state index in [0.717, 1.165) is 5.92 Å². The molecule has 3 unspecified atom stereocenters. The normalized spacial score (nSPS) is 38.0. The van der Waals surface area contributed by atoms with Crippen molar-refractivity contribution in [1.82, 2.24) is 0 Å². The summed E-state index contributed by atoms with van der Waals surface area (Å²) < 4.78 is 0. The summed E-state index contributed by atoms with van der Waals surface area (Å²) in [6, 6.07) is 0. The van der Waals surface area contributed by atoms with Gasteiger partial charge in [0, 0.05) is 5.92 Å². The van der Waals surface area contributed by atoms with Crippen LogP contribution in [0.2, 0.25) is 0 Å². The second-order valence-electron chi connectivity index (χ2n) is 6.28. The molecule has 0 radical (unpaired) electrons. The largest absolute Gasteiger partial charge is 0.303 e. The highest BCUT2D eigenvalue weighted by Gasteiger charge is 2.45. The van der Waals surface area contributed by atoms with Gasteiger partial charge in [-0.05, 0) is 36.5 Å². The third-order valence-corrected chi connectivity index (χ3v) is 5.24. The Labute approximate surface area is 107 Å². The van der Waals surface area contributed by atoms with Crippen LogP contribution in [-0.2, 0) is 4.79 Å².